The number of hydrogen-bond donors (Lipinski definition) is 1. The molecule has 1 aromatic rings. The Morgan fingerprint density at radius 2 is 2.06 bits per heavy atom. The predicted octanol–water partition coefficient (Wildman–Crippen LogP) is 0.694. The molecule has 1 amide bonds. The minimum atomic E-state index is -0.0701. The van der Waals surface area contributed by atoms with Crippen molar-refractivity contribution in [1.29, 1.82) is 0 Å². The van der Waals surface area contributed by atoms with Gasteiger partial charge >= 0.3 is 0 Å². The second kappa shape index (κ2) is 5.03. The summed E-state index contributed by atoms with van der Waals surface area (Å²) in [7, 11) is 0. The summed E-state index contributed by atoms with van der Waals surface area (Å²) in [5.41, 5.74) is 1.45. The maximum atomic E-state index is 11.9. The highest BCUT2D eigenvalue weighted by Crippen LogP contribution is 2.09. The van der Waals surface area contributed by atoms with Crippen molar-refractivity contribution in [3.8, 4) is 0 Å². The van der Waals surface area contributed by atoms with E-state index in [0.717, 1.165) is 31.6 Å². The lowest BCUT2D eigenvalue weighted by Crippen LogP contribution is -2.39. The summed E-state index contributed by atoms with van der Waals surface area (Å²) in [6, 6.07) is 0.216. The fourth-order valence-electron chi connectivity index (χ4n) is 1.73. The summed E-state index contributed by atoms with van der Waals surface area (Å²) in [6.45, 7) is 3.30. The van der Waals surface area contributed by atoms with Crippen LogP contribution in [0.25, 0.3) is 0 Å². The van der Waals surface area contributed by atoms with Crippen LogP contribution in [0.5, 0.6) is 0 Å². The first-order valence-electron chi connectivity index (χ1n) is 5.43. The van der Waals surface area contributed by atoms with E-state index < -0.39 is 0 Å². The van der Waals surface area contributed by atoms with Crippen molar-refractivity contribution >= 4 is 5.91 Å². The van der Waals surface area contributed by atoms with Crippen LogP contribution in [0.4, 0.5) is 0 Å². The monoisotopic (exact) mass is 221 g/mol. The van der Waals surface area contributed by atoms with E-state index in [2.05, 4.69) is 15.5 Å². The molecule has 1 aliphatic rings. The molecule has 0 aromatic carbocycles. The third-order valence-corrected chi connectivity index (χ3v) is 2.73. The Labute approximate surface area is 94.2 Å². The third-order valence-electron chi connectivity index (χ3n) is 2.73. The van der Waals surface area contributed by atoms with Crippen molar-refractivity contribution in [2.45, 2.75) is 25.8 Å². The SMILES string of the molecule is Cc1cnncc1C(=O)NC1CCOCC1. The average Bonchev–Trinajstić information content (AvgIpc) is 2.31. The number of rotatable bonds is 2. The maximum Gasteiger partial charge on any atom is 0.253 e. The highest BCUT2D eigenvalue weighted by atomic mass is 16.5. The Bertz CT molecular complexity index is 375. The van der Waals surface area contributed by atoms with Crippen molar-refractivity contribution in [2.75, 3.05) is 13.2 Å². The summed E-state index contributed by atoms with van der Waals surface area (Å²) >= 11 is 0. The molecular weight excluding hydrogens is 206 g/mol. The van der Waals surface area contributed by atoms with Gasteiger partial charge in [-0.05, 0) is 25.3 Å². The van der Waals surface area contributed by atoms with Crippen molar-refractivity contribution in [2.24, 2.45) is 0 Å². The highest BCUT2D eigenvalue weighted by Gasteiger charge is 2.18. The van der Waals surface area contributed by atoms with Gasteiger partial charge in [-0.25, -0.2) is 0 Å². The van der Waals surface area contributed by atoms with E-state index in [1.54, 1.807) is 6.20 Å². The summed E-state index contributed by atoms with van der Waals surface area (Å²) in [4.78, 5) is 11.9. The van der Waals surface area contributed by atoms with Crippen LogP contribution in [0.15, 0.2) is 12.4 Å². The molecular formula is C11H15N3O2. The quantitative estimate of drug-likeness (QED) is 0.798. The Kier molecular flexibility index (Phi) is 3.46. The molecule has 86 valence electrons. The van der Waals surface area contributed by atoms with Gasteiger partial charge in [0.15, 0.2) is 0 Å². The molecule has 0 aliphatic carbocycles. The molecule has 2 heterocycles. The Hall–Kier alpha value is -1.49. The predicted molar refractivity (Wildman–Crippen MR) is 58.1 cm³/mol. The average molecular weight is 221 g/mol. The fourth-order valence-corrected chi connectivity index (χ4v) is 1.73. The normalized spacial score (nSPS) is 17.1. The van der Waals surface area contributed by atoms with Gasteiger partial charge in [0.25, 0.3) is 5.91 Å². The molecule has 1 aliphatic heterocycles. The number of carbonyl (C=O) groups is 1. The molecule has 0 unspecified atom stereocenters. The lowest BCUT2D eigenvalue weighted by Gasteiger charge is -2.23. The van der Waals surface area contributed by atoms with Gasteiger partial charge in [-0.3, -0.25) is 4.79 Å². The summed E-state index contributed by atoms with van der Waals surface area (Å²) in [6.07, 6.45) is 4.86. The first-order chi connectivity index (χ1) is 7.77. The molecule has 1 N–H and O–H groups in total. The second-order valence-corrected chi connectivity index (χ2v) is 3.95. The first-order valence-corrected chi connectivity index (χ1v) is 5.43. The van der Waals surface area contributed by atoms with E-state index in [0.29, 0.717) is 5.56 Å². The van der Waals surface area contributed by atoms with Gasteiger partial charge in [-0.2, -0.15) is 10.2 Å². The number of amides is 1. The van der Waals surface area contributed by atoms with Crippen molar-refractivity contribution < 1.29 is 9.53 Å². The number of nitrogens with zero attached hydrogens (tertiary/aromatic N) is 2. The number of ether oxygens (including phenoxy) is 1. The highest BCUT2D eigenvalue weighted by molar-refractivity contribution is 5.95. The van der Waals surface area contributed by atoms with Gasteiger partial charge in [0.05, 0.1) is 18.0 Å². The number of aromatic nitrogens is 2. The van der Waals surface area contributed by atoms with E-state index in [4.69, 9.17) is 4.74 Å². The van der Waals surface area contributed by atoms with Gasteiger partial charge < -0.3 is 10.1 Å². The van der Waals surface area contributed by atoms with Crippen LogP contribution >= 0.6 is 0 Å². The van der Waals surface area contributed by atoms with Crippen molar-refractivity contribution in [1.82, 2.24) is 15.5 Å². The molecule has 1 fully saturated rings. The minimum absolute atomic E-state index is 0.0701. The van der Waals surface area contributed by atoms with Gasteiger partial charge in [0.2, 0.25) is 0 Å². The summed E-state index contributed by atoms with van der Waals surface area (Å²) < 4.78 is 5.24. The fraction of sp³-hybridized carbons (Fsp3) is 0.545. The lowest BCUT2D eigenvalue weighted by molar-refractivity contribution is 0.0696. The second-order valence-electron chi connectivity index (χ2n) is 3.95. The zero-order valence-electron chi connectivity index (χ0n) is 9.27. The van der Waals surface area contributed by atoms with Crippen LogP contribution in [0.1, 0.15) is 28.8 Å². The van der Waals surface area contributed by atoms with Gasteiger partial charge in [-0.15, -0.1) is 0 Å². The standard InChI is InChI=1S/C11H15N3O2/c1-8-6-12-13-7-10(8)11(15)14-9-2-4-16-5-3-9/h6-7,9H,2-5H2,1H3,(H,14,15). The largest absolute Gasteiger partial charge is 0.381 e. The molecule has 5 heteroatoms. The zero-order chi connectivity index (χ0) is 11.4. The zero-order valence-corrected chi connectivity index (χ0v) is 9.27. The van der Waals surface area contributed by atoms with Crippen LogP contribution in [-0.4, -0.2) is 35.4 Å². The summed E-state index contributed by atoms with van der Waals surface area (Å²) in [5.74, 6) is -0.0701. The van der Waals surface area contributed by atoms with Crippen LogP contribution < -0.4 is 5.32 Å². The molecule has 5 nitrogen and oxygen atoms in total. The molecule has 1 saturated heterocycles. The van der Waals surface area contributed by atoms with E-state index in [-0.39, 0.29) is 11.9 Å². The smallest absolute Gasteiger partial charge is 0.253 e. The van der Waals surface area contributed by atoms with Gasteiger partial charge in [0, 0.05) is 19.3 Å². The van der Waals surface area contributed by atoms with E-state index in [1.165, 1.54) is 6.20 Å². The molecule has 0 bridgehead atoms. The van der Waals surface area contributed by atoms with Crippen LogP contribution in [0.3, 0.4) is 0 Å². The summed E-state index contributed by atoms with van der Waals surface area (Å²) in [5, 5.41) is 10.4. The number of nitrogens with one attached hydrogen (secondary N) is 1. The molecule has 0 atom stereocenters. The van der Waals surface area contributed by atoms with Gasteiger partial charge in [0.1, 0.15) is 0 Å². The Balaban J connectivity index is 2.00. The van der Waals surface area contributed by atoms with Crippen LogP contribution in [0.2, 0.25) is 0 Å². The maximum absolute atomic E-state index is 11.9. The Morgan fingerprint density at radius 1 is 1.38 bits per heavy atom. The van der Waals surface area contributed by atoms with Crippen molar-refractivity contribution in [3.05, 3.63) is 23.5 Å². The van der Waals surface area contributed by atoms with E-state index in [1.807, 2.05) is 6.92 Å². The number of hydrogen-bond acceptors (Lipinski definition) is 4. The Morgan fingerprint density at radius 3 is 2.75 bits per heavy atom. The molecule has 0 spiro atoms. The molecule has 0 radical (unpaired) electrons. The van der Waals surface area contributed by atoms with Crippen LogP contribution in [-0.2, 0) is 4.74 Å². The molecule has 2 rings (SSSR count). The van der Waals surface area contributed by atoms with E-state index >= 15 is 0 Å². The molecule has 1 aromatic heterocycles. The lowest BCUT2D eigenvalue weighted by atomic mass is 10.1. The minimum Gasteiger partial charge on any atom is -0.381 e. The topological polar surface area (TPSA) is 64.1 Å². The third kappa shape index (κ3) is 2.55. The van der Waals surface area contributed by atoms with Gasteiger partial charge in [-0.1, -0.05) is 0 Å². The van der Waals surface area contributed by atoms with Crippen molar-refractivity contribution in [3.63, 3.8) is 0 Å². The first kappa shape index (κ1) is 11.0. The number of carbonyl (C=O) groups excluding carboxylic acids is 1. The van der Waals surface area contributed by atoms with Crippen LogP contribution in [0, 0.1) is 6.92 Å². The molecule has 16 heavy (non-hydrogen) atoms. The van der Waals surface area contributed by atoms with E-state index in [9.17, 15) is 4.79 Å². The number of aryl methyl sites for hydroxylation is 1. The molecule has 0 saturated carbocycles.